The molecule has 0 bridgehead atoms. The van der Waals surface area contributed by atoms with Gasteiger partial charge in [0.25, 0.3) is 5.91 Å². The molecule has 2 rings (SSSR count). The Bertz CT molecular complexity index is 625. The number of amides is 2. The van der Waals surface area contributed by atoms with Crippen molar-refractivity contribution >= 4 is 29.1 Å². The molecule has 0 fully saturated rings. The van der Waals surface area contributed by atoms with Crippen LogP contribution in [0.15, 0.2) is 30.4 Å². The van der Waals surface area contributed by atoms with E-state index in [1.165, 1.54) is 0 Å². The molecule has 1 N–H and O–H groups in total. The highest BCUT2D eigenvalue weighted by Gasteiger charge is 2.21. The third-order valence-corrected chi connectivity index (χ3v) is 4.54. The number of nitrogens with one attached hydrogen (secondary N) is 1. The van der Waals surface area contributed by atoms with Crippen molar-refractivity contribution in [1.29, 1.82) is 0 Å². The van der Waals surface area contributed by atoms with Crippen LogP contribution in [-0.4, -0.2) is 29.8 Å². The molecule has 1 aromatic rings. The summed E-state index contributed by atoms with van der Waals surface area (Å²) in [4.78, 5) is 26.4. The fourth-order valence-electron chi connectivity index (χ4n) is 2.46. The first-order valence-corrected chi connectivity index (χ1v) is 8.30. The van der Waals surface area contributed by atoms with Crippen LogP contribution >= 0.6 is 11.6 Å². The second kappa shape index (κ2) is 7.64. The Balaban J connectivity index is 2.15. The maximum Gasteiger partial charge on any atom is 0.253 e. The van der Waals surface area contributed by atoms with Crippen LogP contribution in [0.3, 0.4) is 0 Å². The predicted octanol–water partition coefficient (Wildman–Crippen LogP) is 4.12. The molecule has 124 valence electrons. The molecular formula is C18H23ClN2O2. The number of nitrogens with zero attached hydrogens (tertiary/aromatic N) is 1. The molecule has 0 heterocycles. The van der Waals surface area contributed by atoms with Crippen molar-refractivity contribution < 1.29 is 9.59 Å². The van der Waals surface area contributed by atoms with Crippen molar-refractivity contribution in [3.8, 4) is 0 Å². The molecular weight excluding hydrogens is 312 g/mol. The highest BCUT2D eigenvalue weighted by atomic mass is 35.5. The Kier molecular flexibility index (Phi) is 5.83. The van der Waals surface area contributed by atoms with E-state index in [1.54, 1.807) is 30.1 Å². The summed E-state index contributed by atoms with van der Waals surface area (Å²) in [6, 6.07) is 5.09. The maximum absolute atomic E-state index is 12.4. The number of carbonyl (C=O) groups excluding carboxylic acids is 2. The van der Waals surface area contributed by atoms with E-state index >= 15 is 0 Å². The smallest absolute Gasteiger partial charge is 0.253 e. The molecule has 0 aliphatic heterocycles. The minimum atomic E-state index is -0.0900. The SMILES string of the molecule is CC(C)N(C)C(=O)c1ccc(Cl)c(NC(=O)C2CC=CCC2)c1. The lowest BCUT2D eigenvalue weighted by molar-refractivity contribution is -0.120. The van der Waals surface area contributed by atoms with Crippen LogP contribution in [-0.2, 0) is 4.79 Å². The molecule has 1 aliphatic rings. The molecule has 0 aromatic heterocycles. The molecule has 0 spiro atoms. The zero-order chi connectivity index (χ0) is 17.0. The van der Waals surface area contributed by atoms with Gasteiger partial charge in [-0.15, -0.1) is 0 Å². The van der Waals surface area contributed by atoms with Gasteiger partial charge in [-0.2, -0.15) is 0 Å². The number of benzene rings is 1. The van der Waals surface area contributed by atoms with Crippen LogP contribution < -0.4 is 5.32 Å². The topological polar surface area (TPSA) is 49.4 Å². The number of anilines is 1. The zero-order valence-corrected chi connectivity index (χ0v) is 14.6. The molecule has 23 heavy (non-hydrogen) atoms. The van der Waals surface area contributed by atoms with Gasteiger partial charge in [-0.3, -0.25) is 9.59 Å². The number of rotatable bonds is 4. The molecule has 1 aliphatic carbocycles. The Labute approximate surface area is 142 Å². The van der Waals surface area contributed by atoms with Gasteiger partial charge < -0.3 is 10.2 Å². The normalized spacial score (nSPS) is 17.2. The summed E-state index contributed by atoms with van der Waals surface area (Å²) >= 11 is 6.17. The van der Waals surface area contributed by atoms with Gasteiger partial charge in [-0.25, -0.2) is 0 Å². The Morgan fingerprint density at radius 3 is 2.65 bits per heavy atom. The van der Waals surface area contributed by atoms with E-state index in [-0.39, 0.29) is 23.8 Å². The fourth-order valence-corrected chi connectivity index (χ4v) is 2.62. The van der Waals surface area contributed by atoms with Crippen LogP contribution in [0.25, 0.3) is 0 Å². The van der Waals surface area contributed by atoms with Crippen LogP contribution in [0.4, 0.5) is 5.69 Å². The number of allylic oxidation sites excluding steroid dienone is 2. The lowest BCUT2D eigenvalue weighted by Crippen LogP contribution is -2.33. The molecule has 2 amide bonds. The third-order valence-electron chi connectivity index (χ3n) is 4.21. The molecule has 0 radical (unpaired) electrons. The van der Waals surface area contributed by atoms with Gasteiger partial charge in [-0.05, 0) is 51.3 Å². The second-order valence-corrected chi connectivity index (χ2v) is 6.58. The fraction of sp³-hybridized carbons (Fsp3) is 0.444. The van der Waals surface area contributed by atoms with Crippen molar-refractivity contribution in [2.45, 2.75) is 39.2 Å². The van der Waals surface area contributed by atoms with Gasteiger partial charge in [0.15, 0.2) is 0 Å². The van der Waals surface area contributed by atoms with Gasteiger partial charge in [0.05, 0.1) is 10.7 Å². The number of carbonyl (C=O) groups is 2. The molecule has 0 saturated heterocycles. The Morgan fingerprint density at radius 2 is 2.04 bits per heavy atom. The van der Waals surface area contributed by atoms with Gasteiger partial charge in [0, 0.05) is 24.6 Å². The second-order valence-electron chi connectivity index (χ2n) is 6.18. The monoisotopic (exact) mass is 334 g/mol. The van der Waals surface area contributed by atoms with Gasteiger partial charge in [-0.1, -0.05) is 23.8 Å². The van der Waals surface area contributed by atoms with Crippen LogP contribution in [0.5, 0.6) is 0 Å². The molecule has 5 heteroatoms. The van der Waals surface area contributed by atoms with Crippen molar-refractivity contribution in [1.82, 2.24) is 4.90 Å². The van der Waals surface area contributed by atoms with E-state index in [9.17, 15) is 9.59 Å². The summed E-state index contributed by atoms with van der Waals surface area (Å²) < 4.78 is 0. The summed E-state index contributed by atoms with van der Waals surface area (Å²) in [6.07, 6.45) is 6.64. The summed E-state index contributed by atoms with van der Waals surface area (Å²) in [5.74, 6) is -0.167. The predicted molar refractivity (Wildman–Crippen MR) is 93.8 cm³/mol. The molecule has 1 atom stereocenters. The van der Waals surface area contributed by atoms with E-state index in [0.29, 0.717) is 16.3 Å². The zero-order valence-electron chi connectivity index (χ0n) is 13.8. The van der Waals surface area contributed by atoms with Crippen molar-refractivity contribution in [2.24, 2.45) is 5.92 Å². The van der Waals surface area contributed by atoms with Crippen molar-refractivity contribution in [3.05, 3.63) is 40.9 Å². The van der Waals surface area contributed by atoms with Crippen LogP contribution in [0.1, 0.15) is 43.5 Å². The van der Waals surface area contributed by atoms with Gasteiger partial charge in [0.2, 0.25) is 5.91 Å². The van der Waals surface area contributed by atoms with Crippen molar-refractivity contribution in [2.75, 3.05) is 12.4 Å². The average Bonchev–Trinajstić information content (AvgIpc) is 2.56. The van der Waals surface area contributed by atoms with E-state index in [4.69, 9.17) is 11.6 Å². The largest absolute Gasteiger partial charge is 0.339 e. The van der Waals surface area contributed by atoms with Crippen LogP contribution in [0, 0.1) is 5.92 Å². The summed E-state index contributed by atoms with van der Waals surface area (Å²) in [6.45, 7) is 3.90. The first kappa shape index (κ1) is 17.5. The maximum atomic E-state index is 12.4. The Morgan fingerprint density at radius 1 is 1.30 bits per heavy atom. The van der Waals surface area contributed by atoms with E-state index < -0.39 is 0 Å². The minimum Gasteiger partial charge on any atom is -0.339 e. The molecule has 0 saturated carbocycles. The number of hydrogen-bond acceptors (Lipinski definition) is 2. The minimum absolute atomic E-state index is 0.0336. The number of halogens is 1. The van der Waals surface area contributed by atoms with Gasteiger partial charge in [0.1, 0.15) is 0 Å². The Hall–Kier alpha value is -1.81. The lowest BCUT2D eigenvalue weighted by Gasteiger charge is -2.22. The first-order chi connectivity index (χ1) is 10.9. The van der Waals surface area contributed by atoms with Gasteiger partial charge >= 0.3 is 0 Å². The highest BCUT2D eigenvalue weighted by molar-refractivity contribution is 6.33. The van der Waals surface area contributed by atoms with E-state index in [1.807, 2.05) is 19.9 Å². The van der Waals surface area contributed by atoms with Crippen molar-refractivity contribution in [3.63, 3.8) is 0 Å². The first-order valence-electron chi connectivity index (χ1n) is 7.92. The molecule has 1 aromatic carbocycles. The molecule has 1 unspecified atom stereocenters. The lowest BCUT2D eigenvalue weighted by atomic mass is 9.93. The summed E-state index contributed by atoms with van der Waals surface area (Å²) in [5, 5.41) is 3.31. The molecule has 4 nitrogen and oxygen atoms in total. The van der Waals surface area contributed by atoms with E-state index in [2.05, 4.69) is 11.4 Å². The highest BCUT2D eigenvalue weighted by Crippen LogP contribution is 2.26. The summed E-state index contributed by atoms with van der Waals surface area (Å²) in [5.41, 5.74) is 1.01. The quantitative estimate of drug-likeness (QED) is 0.842. The average molecular weight is 335 g/mol. The summed E-state index contributed by atoms with van der Waals surface area (Å²) in [7, 11) is 1.76. The van der Waals surface area contributed by atoms with Crippen LogP contribution in [0.2, 0.25) is 5.02 Å². The third kappa shape index (κ3) is 4.35. The van der Waals surface area contributed by atoms with E-state index in [0.717, 1.165) is 19.3 Å². The number of hydrogen-bond donors (Lipinski definition) is 1. The standard InChI is InChI=1S/C18H23ClN2O2/c1-12(2)21(3)18(23)14-9-10-15(19)16(11-14)20-17(22)13-7-5-4-6-8-13/h4-5,9-13H,6-8H2,1-3H3,(H,20,22).